The molecule has 0 bridgehead atoms. The number of aliphatic hydroxyl groups excluding tert-OH is 1. The minimum absolute atomic E-state index is 0.840. The molecule has 0 radical (unpaired) electrons. The molecule has 0 aliphatic heterocycles. The van der Waals surface area contributed by atoms with Crippen molar-refractivity contribution in [2.45, 2.75) is 5.85 Å². The van der Waals surface area contributed by atoms with Crippen molar-refractivity contribution in [2.75, 3.05) is 7.11 Å². The van der Waals surface area contributed by atoms with Crippen LogP contribution >= 0.6 is 7.60 Å². The van der Waals surface area contributed by atoms with Crippen LogP contribution in [0.5, 0.6) is 0 Å². The maximum absolute atomic E-state index is 10.4. The van der Waals surface area contributed by atoms with E-state index in [1.54, 1.807) is 0 Å². The standard InChI is InChI=1S/C3H7O6P/c1-9-10(7,8)3(6)2(4)5/h3,6H,1H3,(H,4,5)(H,7,8). The average molecular weight is 170 g/mol. The second-order valence-corrected chi connectivity index (χ2v) is 3.44. The first kappa shape index (κ1) is 9.58. The van der Waals surface area contributed by atoms with Crippen LogP contribution in [-0.2, 0) is 13.9 Å². The van der Waals surface area contributed by atoms with Gasteiger partial charge in [0.15, 0.2) is 0 Å². The van der Waals surface area contributed by atoms with Gasteiger partial charge in [-0.15, -0.1) is 0 Å². The highest BCUT2D eigenvalue weighted by molar-refractivity contribution is 7.54. The minimum Gasteiger partial charge on any atom is -0.479 e. The largest absolute Gasteiger partial charge is 0.479 e. The van der Waals surface area contributed by atoms with Crippen LogP contribution in [0.2, 0.25) is 0 Å². The first-order chi connectivity index (χ1) is 4.41. The van der Waals surface area contributed by atoms with Crippen molar-refractivity contribution in [3.05, 3.63) is 0 Å². The zero-order valence-corrected chi connectivity index (χ0v) is 5.99. The lowest BCUT2D eigenvalue weighted by molar-refractivity contribution is -0.143. The van der Waals surface area contributed by atoms with Crippen LogP contribution in [0.1, 0.15) is 0 Å². The number of hydrogen-bond donors (Lipinski definition) is 3. The number of carboxylic acid groups (broad SMARTS) is 1. The highest BCUT2D eigenvalue weighted by Crippen LogP contribution is 2.44. The number of hydrogen-bond acceptors (Lipinski definition) is 4. The predicted molar refractivity (Wildman–Crippen MR) is 30.5 cm³/mol. The molecule has 7 heteroatoms. The number of rotatable bonds is 3. The molecule has 0 amide bonds. The van der Waals surface area contributed by atoms with E-state index in [9.17, 15) is 9.36 Å². The second kappa shape index (κ2) is 3.12. The summed E-state index contributed by atoms with van der Waals surface area (Å²) >= 11 is 0. The summed E-state index contributed by atoms with van der Waals surface area (Å²) in [6.07, 6.45) is 0. The molecule has 0 aliphatic carbocycles. The zero-order valence-electron chi connectivity index (χ0n) is 5.09. The second-order valence-electron chi connectivity index (χ2n) is 1.46. The van der Waals surface area contributed by atoms with Gasteiger partial charge < -0.3 is 19.6 Å². The summed E-state index contributed by atoms with van der Waals surface area (Å²) in [4.78, 5) is 18.3. The molecule has 0 aromatic carbocycles. The summed E-state index contributed by atoms with van der Waals surface area (Å²) < 4.78 is 14.3. The number of aliphatic carboxylic acids is 1. The Bertz CT molecular complexity index is 176. The zero-order chi connectivity index (χ0) is 8.36. The molecule has 10 heavy (non-hydrogen) atoms. The van der Waals surface area contributed by atoms with Gasteiger partial charge in [0.05, 0.1) is 0 Å². The predicted octanol–water partition coefficient (Wildman–Crippen LogP) is -0.779. The SMILES string of the molecule is COP(=O)(O)C(O)C(=O)O. The molecule has 0 saturated heterocycles. The third-order valence-corrected chi connectivity index (χ3v) is 2.15. The lowest BCUT2D eigenvalue weighted by Gasteiger charge is -2.10. The molecular formula is C3H7O6P. The van der Waals surface area contributed by atoms with Gasteiger partial charge in [-0.3, -0.25) is 4.57 Å². The van der Waals surface area contributed by atoms with Crippen molar-refractivity contribution in [3.8, 4) is 0 Å². The Morgan fingerprint density at radius 1 is 1.70 bits per heavy atom. The maximum Gasteiger partial charge on any atom is 0.367 e. The van der Waals surface area contributed by atoms with Gasteiger partial charge in [0.1, 0.15) is 0 Å². The van der Waals surface area contributed by atoms with Gasteiger partial charge in [0.25, 0.3) is 5.85 Å². The van der Waals surface area contributed by atoms with Crippen molar-refractivity contribution in [3.63, 3.8) is 0 Å². The molecule has 0 aromatic rings. The lowest BCUT2D eigenvalue weighted by atomic mass is 10.7. The van der Waals surface area contributed by atoms with Crippen molar-refractivity contribution in [1.29, 1.82) is 0 Å². The summed E-state index contributed by atoms with van der Waals surface area (Å²) in [5, 5.41) is 16.4. The van der Waals surface area contributed by atoms with Crippen molar-refractivity contribution >= 4 is 13.6 Å². The van der Waals surface area contributed by atoms with Crippen LogP contribution in [0.4, 0.5) is 0 Å². The molecule has 0 fully saturated rings. The fourth-order valence-electron chi connectivity index (χ4n) is 0.239. The Kier molecular flexibility index (Phi) is 2.98. The Morgan fingerprint density at radius 3 is 2.20 bits per heavy atom. The highest BCUT2D eigenvalue weighted by Gasteiger charge is 2.35. The van der Waals surface area contributed by atoms with Gasteiger partial charge in [-0.2, -0.15) is 0 Å². The van der Waals surface area contributed by atoms with Gasteiger partial charge in [0, 0.05) is 7.11 Å². The average Bonchev–Trinajstić information content (AvgIpc) is 1.86. The molecule has 2 unspecified atom stereocenters. The summed E-state index contributed by atoms with van der Waals surface area (Å²) in [5.41, 5.74) is 0. The Balaban J connectivity index is 4.33. The smallest absolute Gasteiger partial charge is 0.367 e. The van der Waals surface area contributed by atoms with Gasteiger partial charge in [-0.1, -0.05) is 0 Å². The maximum atomic E-state index is 10.4. The number of carbonyl (C=O) groups is 1. The molecular weight excluding hydrogens is 163 g/mol. The van der Waals surface area contributed by atoms with E-state index in [1.165, 1.54) is 0 Å². The first-order valence-corrected chi connectivity index (χ1v) is 3.85. The van der Waals surface area contributed by atoms with Crippen LogP contribution in [0.25, 0.3) is 0 Å². The van der Waals surface area contributed by atoms with E-state index in [4.69, 9.17) is 15.1 Å². The van der Waals surface area contributed by atoms with Gasteiger partial charge in [-0.05, 0) is 0 Å². The summed E-state index contributed by atoms with van der Waals surface area (Å²) in [7, 11) is -3.52. The number of carboxylic acids is 1. The lowest BCUT2D eigenvalue weighted by Crippen LogP contribution is -2.19. The molecule has 3 N–H and O–H groups in total. The van der Waals surface area contributed by atoms with E-state index in [0.717, 1.165) is 7.11 Å². The van der Waals surface area contributed by atoms with E-state index in [1.807, 2.05) is 0 Å². The summed E-state index contributed by atoms with van der Waals surface area (Å²) in [5.74, 6) is -4.15. The van der Waals surface area contributed by atoms with Gasteiger partial charge in [-0.25, -0.2) is 4.79 Å². The van der Waals surface area contributed by atoms with E-state index >= 15 is 0 Å². The number of aliphatic hydroxyl groups is 1. The van der Waals surface area contributed by atoms with Crippen LogP contribution in [0, 0.1) is 0 Å². The van der Waals surface area contributed by atoms with Crippen LogP contribution in [-0.4, -0.2) is 34.0 Å². The molecule has 0 aliphatic rings. The topological polar surface area (TPSA) is 104 Å². The van der Waals surface area contributed by atoms with Crippen LogP contribution in [0.3, 0.4) is 0 Å². The first-order valence-electron chi connectivity index (χ1n) is 2.21. The van der Waals surface area contributed by atoms with Crippen molar-refractivity contribution in [2.24, 2.45) is 0 Å². The molecule has 0 spiro atoms. The minimum atomic E-state index is -4.36. The van der Waals surface area contributed by atoms with E-state index < -0.39 is 19.4 Å². The van der Waals surface area contributed by atoms with E-state index in [0.29, 0.717) is 0 Å². The molecule has 2 atom stereocenters. The normalized spacial score (nSPS) is 19.5. The Labute approximate surface area is 56.6 Å². The van der Waals surface area contributed by atoms with E-state index in [2.05, 4.69) is 4.52 Å². The Hall–Kier alpha value is -0.420. The molecule has 0 rings (SSSR count). The third kappa shape index (κ3) is 2.07. The molecule has 60 valence electrons. The van der Waals surface area contributed by atoms with Crippen molar-refractivity contribution < 1.29 is 29.0 Å². The molecule has 0 saturated carbocycles. The molecule has 0 heterocycles. The Morgan fingerprint density at radius 2 is 2.10 bits per heavy atom. The quantitative estimate of drug-likeness (QED) is 0.480. The molecule has 0 aromatic heterocycles. The van der Waals surface area contributed by atoms with Crippen molar-refractivity contribution in [1.82, 2.24) is 0 Å². The molecule has 6 nitrogen and oxygen atoms in total. The van der Waals surface area contributed by atoms with Crippen LogP contribution in [0.15, 0.2) is 0 Å². The third-order valence-electron chi connectivity index (χ3n) is 0.792. The van der Waals surface area contributed by atoms with E-state index in [-0.39, 0.29) is 0 Å². The summed E-state index contributed by atoms with van der Waals surface area (Å²) in [6.45, 7) is 0. The van der Waals surface area contributed by atoms with Gasteiger partial charge >= 0.3 is 13.6 Å². The monoisotopic (exact) mass is 170 g/mol. The summed E-state index contributed by atoms with van der Waals surface area (Å²) in [6, 6.07) is 0. The fourth-order valence-corrected chi connectivity index (χ4v) is 0.718. The van der Waals surface area contributed by atoms with Gasteiger partial charge in [0.2, 0.25) is 0 Å². The fraction of sp³-hybridized carbons (Fsp3) is 0.667. The van der Waals surface area contributed by atoms with Crippen LogP contribution < -0.4 is 0 Å². The highest BCUT2D eigenvalue weighted by atomic mass is 31.2.